The maximum atomic E-state index is 11.8. The first-order valence-electron chi connectivity index (χ1n) is 5.88. The van der Waals surface area contributed by atoms with Crippen LogP contribution in [-0.2, 0) is 5.41 Å². The highest BCUT2D eigenvalue weighted by Gasteiger charge is 2.18. The lowest BCUT2D eigenvalue weighted by Crippen LogP contribution is -2.18. The zero-order valence-electron chi connectivity index (χ0n) is 11.1. The number of carbonyl (C=O) groups is 1. The smallest absolute Gasteiger partial charge is 0.281 e. The number of amides is 1. The molecule has 0 saturated carbocycles. The third-order valence-electron chi connectivity index (χ3n) is 2.54. The van der Waals surface area contributed by atoms with E-state index >= 15 is 0 Å². The van der Waals surface area contributed by atoms with Crippen molar-refractivity contribution in [2.24, 2.45) is 5.10 Å². The summed E-state index contributed by atoms with van der Waals surface area (Å²) in [6.07, 6.45) is 1.60. The minimum Gasteiger partial charge on any atom is -0.281 e. The Kier molecular flexibility index (Phi) is 3.80. The number of aromatic nitrogens is 2. The number of hydrogen-bond acceptors (Lipinski definition) is 4. The Morgan fingerprint density at radius 1 is 1.53 bits per heavy atom. The van der Waals surface area contributed by atoms with Crippen molar-refractivity contribution in [1.29, 1.82) is 0 Å². The normalized spacial score (nSPS) is 11.9. The molecule has 1 amide bonds. The van der Waals surface area contributed by atoms with Crippen LogP contribution in [0.2, 0.25) is 0 Å². The van der Waals surface area contributed by atoms with E-state index in [1.807, 2.05) is 16.8 Å². The number of thiophene rings is 1. The van der Waals surface area contributed by atoms with Crippen LogP contribution < -0.4 is 5.43 Å². The average Bonchev–Trinajstić information content (AvgIpc) is 2.99. The molecule has 0 spiro atoms. The Hall–Kier alpha value is -1.95. The van der Waals surface area contributed by atoms with Crippen LogP contribution in [0.5, 0.6) is 0 Å². The number of hydrogen-bond donors (Lipinski definition) is 2. The van der Waals surface area contributed by atoms with Gasteiger partial charge in [-0.25, -0.2) is 5.43 Å². The molecule has 0 aliphatic carbocycles. The molecule has 2 rings (SSSR count). The Morgan fingerprint density at radius 3 is 2.89 bits per heavy atom. The summed E-state index contributed by atoms with van der Waals surface area (Å²) >= 11 is 1.58. The molecule has 2 aromatic heterocycles. The minimum atomic E-state index is -0.321. The Bertz CT molecular complexity index is 578. The van der Waals surface area contributed by atoms with Gasteiger partial charge in [-0.15, -0.1) is 0 Å². The molecule has 0 bridgehead atoms. The van der Waals surface area contributed by atoms with Gasteiger partial charge in [0.25, 0.3) is 5.91 Å². The number of nitrogens with zero attached hydrogens (tertiary/aromatic N) is 2. The molecular formula is C13H16N4OS. The van der Waals surface area contributed by atoms with E-state index in [0.29, 0.717) is 5.69 Å². The van der Waals surface area contributed by atoms with Crippen molar-refractivity contribution >= 4 is 23.5 Å². The lowest BCUT2D eigenvalue weighted by molar-refractivity contribution is 0.0950. The van der Waals surface area contributed by atoms with E-state index in [1.54, 1.807) is 23.6 Å². The SMILES string of the molecule is CC(C)(C)c1cc(C(=O)N/N=C/c2ccsc2)n[nH]1. The molecular weight excluding hydrogens is 260 g/mol. The van der Waals surface area contributed by atoms with Crippen molar-refractivity contribution in [3.63, 3.8) is 0 Å². The Labute approximate surface area is 115 Å². The summed E-state index contributed by atoms with van der Waals surface area (Å²) < 4.78 is 0. The second-order valence-electron chi connectivity index (χ2n) is 5.17. The number of nitrogens with one attached hydrogen (secondary N) is 2. The molecule has 2 heterocycles. The van der Waals surface area contributed by atoms with Crippen LogP contribution in [0.4, 0.5) is 0 Å². The van der Waals surface area contributed by atoms with Crippen molar-refractivity contribution in [1.82, 2.24) is 15.6 Å². The molecule has 0 aliphatic heterocycles. The van der Waals surface area contributed by atoms with E-state index < -0.39 is 0 Å². The summed E-state index contributed by atoms with van der Waals surface area (Å²) in [5, 5.41) is 14.6. The highest BCUT2D eigenvalue weighted by Crippen LogP contribution is 2.20. The molecule has 0 fully saturated rings. The quantitative estimate of drug-likeness (QED) is 0.668. The van der Waals surface area contributed by atoms with Crippen LogP contribution >= 0.6 is 11.3 Å². The van der Waals surface area contributed by atoms with Gasteiger partial charge in [-0.3, -0.25) is 9.89 Å². The van der Waals surface area contributed by atoms with Crippen LogP contribution in [0, 0.1) is 0 Å². The second kappa shape index (κ2) is 5.36. The summed E-state index contributed by atoms with van der Waals surface area (Å²) in [6, 6.07) is 3.67. The summed E-state index contributed by atoms with van der Waals surface area (Å²) in [6.45, 7) is 6.16. The van der Waals surface area contributed by atoms with Crippen LogP contribution in [-0.4, -0.2) is 22.3 Å². The van der Waals surface area contributed by atoms with Crippen LogP contribution in [0.1, 0.15) is 42.5 Å². The predicted molar refractivity (Wildman–Crippen MR) is 76.7 cm³/mol. The number of H-pyrrole nitrogens is 1. The fraction of sp³-hybridized carbons (Fsp3) is 0.308. The van der Waals surface area contributed by atoms with E-state index in [-0.39, 0.29) is 11.3 Å². The molecule has 0 aromatic carbocycles. The molecule has 0 radical (unpaired) electrons. The van der Waals surface area contributed by atoms with Crippen LogP contribution in [0.25, 0.3) is 0 Å². The predicted octanol–water partition coefficient (Wildman–Crippen LogP) is 2.53. The number of rotatable bonds is 3. The molecule has 5 nitrogen and oxygen atoms in total. The first-order chi connectivity index (χ1) is 8.97. The van der Waals surface area contributed by atoms with E-state index in [0.717, 1.165) is 11.3 Å². The summed E-state index contributed by atoms with van der Waals surface area (Å²) in [5.74, 6) is -0.321. The van der Waals surface area contributed by atoms with Gasteiger partial charge in [-0.05, 0) is 22.9 Å². The van der Waals surface area contributed by atoms with Gasteiger partial charge in [-0.1, -0.05) is 20.8 Å². The summed E-state index contributed by atoms with van der Waals surface area (Å²) in [4.78, 5) is 11.8. The fourth-order valence-corrected chi connectivity index (χ4v) is 2.00. The van der Waals surface area contributed by atoms with Crippen molar-refractivity contribution in [3.8, 4) is 0 Å². The van der Waals surface area contributed by atoms with E-state index in [9.17, 15) is 4.79 Å². The van der Waals surface area contributed by atoms with Gasteiger partial charge < -0.3 is 0 Å². The molecule has 100 valence electrons. The van der Waals surface area contributed by atoms with Crippen molar-refractivity contribution in [2.45, 2.75) is 26.2 Å². The van der Waals surface area contributed by atoms with Crippen molar-refractivity contribution < 1.29 is 4.79 Å². The van der Waals surface area contributed by atoms with E-state index in [4.69, 9.17) is 0 Å². The number of hydrazone groups is 1. The largest absolute Gasteiger partial charge is 0.291 e. The standard InChI is InChI=1S/C13H16N4OS/c1-13(2,3)11-6-10(15-16-11)12(18)17-14-7-9-4-5-19-8-9/h4-8H,1-3H3,(H,15,16)(H,17,18)/b14-7+. The first kappa shape index (κ1) is 13.5. The lowest BCUT2D eigenvalue weighted by atomic mass is 9.92. The Balaban J connectivity index is 1.99. The lowest BCUT2D eigenvalue weighted by Gasteiger charge is -2.14. The maximum absolute atomic E-state index is 11.8. The number of aromatic amines is 1. The van der Waals surface area contributed by atoms with Crippen molar-refractivity contribution in [3.05, 3.63) is 39.8 Å². The highest BCUT2D eigenvalue weighted by atomic mass is 32.1. The van der Waals surface area contributed by atoms with Gasteiger partial charge in [0.05, 0.1) is 6.21 Å². The number of carbonyl (C=O) groups excluding carboxylic acids is 1. The minimum absolute atomic E-state index is 0.0640. The van der Waals surface area contributed by atoms with E-state index in [1.165, 1.54) is 0 Å². The maximum Gasteiger partial charge on any atom is 0.291 e. The van der Waals surface area contributed by atoms with Gasteiger partial charge >= 0.3 is 0 Å². The van der Waals surface area contributed by atoms with Gasteiger partial charge in [0.2, 0.25) is 0 Å². The summed E-state index contributed by atoms with van der Waals surface area (Å²) in [5.41, 5.74) is 4.61. The zero-order valence-corrected chi connectivity index (χ0v) is 11.9. The Morgan fingerprint density at radius 2 is 2.32 bits per heavy atom. The molecule has 6 heteroatoms. The fourth-order valence-electron chi connectivity index (χ4n) is 1.39. The molecule has 0 saturated heterocycles. The van der Waals surface area contributed by atoms with Gasteiger partial charge in [0, 0.05) is 16.7 Å². The summed E-state index contributed by atoms with van der Waals surface area (Å²) in [7, 11) is 0. The van der Waals surface area contributed by atoms with Gasteiger partial charge in [0.1, 0.15) is 0 Å². The molecule has 0 unspecified atom stereocenters. The molecule has 2 N–H and O–H groups in total. The topological polar surface area (TPSA) is 70.1 Å². The zero-order chi connectivity index (χ0) is 13.9. The molecule has 0 atom stereocenters. The third kappa shape index (κ3) is 3.51. The molecule has 2 aromatic rings. The third-order valence-corrected chi connectivity index (χ3v) is 3.24. The van der Waals surface area contributed by atoms with E-state index in [2.05, 4.69) is 41.5 Å². The van der Waals surface area contributed by atoms with Gasteiger partial charge in [0.15, 0.2) is 5.69 Å². The molecule has 19 heavy (non-hydrogen) atoms. The van der Waals surface area contributed by atoms with Crippen LogP contribution in [0.15, 0.2) is 28.0 Å². The molecule has 0 aliphatic rings. The average molecular weight is 276 g/mol. The van der Waals surface area contributed by atoms with Crippen molar-refractivity contribution in [2.75, 3.05) is 0 Å². The van der Waals surface area contributed by atoms with Crippen LogP contribution in [0.3, 0.4) is 0 Å². The second-order valence-corrected chi connectivity index (χ2v) is 5.95. The monoisotopic (exact) mass is 276 g/mol. The first-order valence-corrected chi connectivity index (χ1v) is 6.82. The van der Waals surface area contributed by atoms with Gasteiger partial charge in [-0.2, -0.15) is 21.5 Å². The highest BCUT2D eigenvalue weighted by molar-refractivity contribution is 7.08.